The summed E-state index contributed by atoms with van der Waals surface area (Å²) in [6.07, 6.45) is 1.72. The van der Waals surface area contributed by atoms with Crippen molar-refractivity contribution in [2.24, 2.45) is 0 Å². The van der Waals surface area contributed by atoms with Gasteiger partial charge in [0.2, 0.25) is 0 Å². The van der Waals surface area contributed by atoms with E-state index in [-0.39, 0.29) is 18.3 Å². The van der Waals surface area contributed by atoms with E-state index in [0.717, 1.165) is 13.1 Å². The smallest absolute Gasteiger partial charge is 0.379 e. The van der Waals surface area contributed by atoms with Crippen LogP contribution in [-0.4, -0.2) is 50.8 Å². The molecule has 19 heavy (non-hydrogen) atoms. The molecule has 3 rings (SSSR count). The first-order chi connectivity index (χ1) is 9.28. The molecule has 0 bridgehead atoms. The van der Waals surface area contributed by atoms with Crippen LogP contribution in [0.3, 0.4) is 0 Å². The molecule has 0 spiro atoms. The topological polar surface area (TPSA) is 108 Å². The van der Waals surface area contributed by atoms with E-state index in [9.17, 15) is 4.79 Å². The van der Waals surface area contributed by atoms with Crippen LogP contribution in [-0.2, 0) is 4.74 Å². The Balaban J connectivity index is 1.78. The molecule has 0 amide bonds. The molecule has 1 aliphatic rings. The van der Waals surface area contributed by atoms with Crippen LogP contribution in [0.5, 0.6) is 0 Å². The zero-order chi connectivity index (χ0) is 13.2. The summed E-state index contributed by atoms with van der Waals surface area (Å²) in [6.45, 7) is 3.69. The average molecular weight is 264 g/mol. The SMILES string of the molecule is CCOC(=O)c1noc(-c2cn(C3CNC3)nn2)n1. The molecule has 100 valence electrons. The molecule has 3 heterocycles. The van der Waals surface area contributed by atoms with Gasteiger partial charge in [-0.3, -0.25) is 0 Å². The highest BCUT2D eigenvalue weighted by Gasteiger charge is 2.23. The third kappa shape index (κ3) is 2.19. The summed E-state index contributed by atoms with van der Waals surface area (Å²) < 4.78 is 11.5. The molecule has 1 aliphatic heterocycles. The Morgan fingerprint density at radius 1 is 1.63 bits per heavy atom. The maximum atomic E-state index is 11.4. The lowest BCUT2D eigenvalue weighted by Gasteiger charge is -2.26. The highest BCUT2D eigenvalue weighted by molar-refractivity contribution is 5.85. The third-order valence-corrected chi connectivity index (χ3v) is 2.75. The molecule has 1 fully saturated rings. The van der Waals surface area contributed by atoms with E-state index < -0.39 is 5.97 Å². The standard InChI is InChI=1S/C10H12N6O3/c1-2-18-10(17)8-12-9(19-14-8)7-5-16(15-13-7)6-3-11-4-6/h5-6,11H,2-4H2,1H3. The number of nitrogens with zero attached hydrogens (tertiary/aromatic N) is 5. The molecule has 2 aromatic rings. The largest absolute Gasteiger partial charge is 0.460 e. The lowest BCUT2D eigenvalue weighted by atomic mass is 10.2. The van der Waals surface area contributed by atoms with Crippen LogP contribution < -0.4 is 5.32 Å². The number of carbonyl (C=O) groups excluding carboxylic acids is 1. The van der Waals surface area contributed by atoms with Crippen LogP contribution in [0.25, 0.3) is 11.6 Å². The molecule has 0 aromatic carbocycles. The summed E-state index contributed by atoms with van der Waals surface area (Å²) in [7, 11) is 0. The van der Waals surface area contributed by atoms with Crippen LogP contribution >= 0.6 is 0 Å². The van der Waals surface area contributed by atoms with E-state index in [1.54, 1.807) is 17.8 Å². The molecule has 0 radical (unpaired) electrons. The highest BCUT2D eigenvalue weighted by Crippen LogP contribution is 2.17. The van der Waals surface area contributed by atoms with Crippen LogP contribution in [0, 0.1) is 0 Å². The number of aromatic nitrogens is 5. The van der Waals surface area contributed by atoms with Crippen molar-refractivity contribution in [1.29, 1.82) is 0 Å². The van der Waals surface area contributed by atoms with Gasteiger partial charge in [0.1, 0.15) is 0 Å². The van der Waals surface area contributed by atoms with Crippen molar-refractivity contribution in [2.45, 2.75) is 13.0 Å². The van der Waals surface area contributed by atoms with Crippen LogP contribution in [0.15, 0.2) is 10.7 Å². The van der Waals surface area contributed by atoms with Crippen LogP contribution in [0.1, 0.15) is 23.6 Å². The maximum absolute atomic E-state index is 11.4. The van der Waals surface area contributed by atoms with Crippen molar-refractivity contribution in [3.8, 4) is 11.6 Å². The molecular weight excluding hydrogens is 252 g/mol. The monoisotopic (exact) mass is 264 g/mol. The summed E-state index contributed by atoms with van der Waals surface area (Å²) in [6, 6.07) is 0.300. The number of hydrogen-bond donors (Lipinski definition) is 1. The van der Waals surface area contributed by atoms with Gasteiger partial charge in [-0.15, -0.1) is 5.10 Å². The van der Waals surface area contributed by atoms with Crippen molar-refractivity contribution >= 4 is 5.97 Å². The Hall–Kier alpha value is -2.29. The molecule has 0 saturated carbocycles. The number of ether oxygens (including phenoxy) is 1. The molecule has 1 saturated heterocycles. The quantitative estimate of drug-likeness (QED) is 0.746. The molecule has 9 heteroatoms. The Kier molecular flexibility index (Phi) is 2.95. The third-order valence-electron chi connectivity index (χ3n) is 2.75. The lowest BCUT2D eigenvalue weighted by Crippen LogP contribution is -2.43. The predicted octanol–water partition coefficient (Wildman–Crippen LogP) is -0.351. The predicted molar refractivity (Wildman–Crippen MR) is 61.2 cm³/mol. The zero-order valence-electron chi connectivity index (χ0n) is 10.2. The van der Waals surface area contributed by atoms with Crippen molar-refractivity contribution in [2.75, 3.05) is 19.7 Å². The van der Waals surface area contributed by atoms with Crippen molar-refractivity contribution in [1.82, 2.24) is 30.5 Å². The first kappa shape index (κ1) is 11.8. The number of carbonyl (C=O) groups is 1. The van der Waals surface area contributed by atoms with Gasteiger partial charge in [0.15, 0.2) is 5.69 Å². The molecular formula is C10H12N6O3. The zero-order valence-corrected chi connectivity index (χ0v) is 10.2. The summed E-state index contributed by atoms with van der Waals surface area (Å²) in [5.74, 6) is -0.577. The molecule has 0 unspecified atom stereocenters. The minimum atomic E-state index is -0.618. The van der Waals surface area contributed by atoms with E-state index in [1.807, 2.05) is 0 Å². The number of esters is 1. The van der Waals surface area contributed by atoms with E-state index in [0.29, 0.717) is 11.7 Å². The Labute approximate surface area is 107 Å². The summed E-state index contributed by atoms with van der Waals surface area (Å²) in [5, 5.41) is 14.6. The Morgan fingerprint density at radius 3 is 3.16 bits per heavy atom. The molecule has 0 atom stereocenters. The minimum absolute atomic E-state index is 0.114. The van der Waals surface area contributed by atoms with Gasteiger partial charge in [-0.2, -0.15) is 4.98 Å². The van der Waals surface area contributed by atoms with Gasteiger partial charge < -0.3 is 14.6 Å². The number of nitrogens with one attached hydrogen (secondary N) is 1. The second kappa shape index (κ2) is 4.76. The fourth-order valence-electron chi connectivity index (χ4n) is 1.62. The maximum Gasteiger partial charge on any atom is 0.379 e. The van der Waals surface area contributed by atoms with Gasteiger partial charge in [0, 0.05) is 13.1 Å². The van der Waals surface area contributed by atoms with E-state index in [2.05, 4.69) is 25.8 Å². The Morgan fingerprint density at radius 2 is 2.47 bits per heavy atom. The van der Waals surface area contributed by atoms with E-state index >= 15 is 0 Å². The van der Waals surface area contributed by atoms with E-state index in [4.69, 9.17) is 9.26 Å². The highest BCUT2D eigenvalue weighted by atomic mass is 16.5. The van der Waals surface area contributed by atoms with Crippen molar-refractivity contribution in [3.05, 3.63) is 12.0 Å². The second-order valence-electron chi connectivity index (χ2n) is 4.04. The van der Waals surface area contributed by atoms with E-state index in [1.165, 1.54) is 0 Å². The first-order valence-corrected chi connectivity index (χ1v) is 5.91. The van der Waals surface area contributed by atoms with Gasteiger partial charge >= 0.3 is 5.97 Å². The van der Waals surface area contributed by atoms with Gasteiger partial charge in [-0.1, -0.05) is 5.21 Å². The number of hydrogen-bond acceptors (Lipinski definition) is 8. The van der Waals surface area contributed by atoms with Crippen molar-refractivity contribution in [3.63, 3.8) is 0 Å². The second-order valence-corrected chi connectivity index (χ2v) is 4.04. The first-order valence-electron chi connectivity index (χ1n) is 5.91. The van der Waals surface area contributed by atoms with Gasteiger partial charge in [-0.05, 0) is 12.1 Å². The molecule has 0 aliphatic carbocycles. The average Bonchev–Trinajstić information content (AvgIpc) is 2.94. The van der Waals surface area contributed by atoms with Crippen LogP contribution in [0.4, 0.5) is 0 Å². The van der Waals surface area contributed by atoms with Crippen molar-refractivity contribution < 1.29 is 14.1 Å². The van der Waals surface area contributed by atoms with Crippen LogP contribution in [0.2, 0.25) is 0 Å². The summed E-state index contributed by atoms with van der Waals surface area (Å²) >= 11 is 0. The molecule has 2 aromatic heterocycles. The number of rotatable bonds is 4. The van der Waals surface area contributed by atoms with Gasteiger partial charge in [0.05, 0.1) is 18.8 Å². The summed E-state index contributed by atoms with van der Waals surface area (Å²) in [5.41, 5.74) is 0.440. The molecule has 9 nitrogen and oxygen atoms in total. The Bertz CT molecular complexity index is 588. The lowest BCUT2D eigenvalue weighted by molar-refractivity contribution is 0.0508. The fourth-order valence-corrected chi connectivity index (χ4v) is 1.62. The molecule has 1 N–H and O–H groups in total. The van der Waals surface area contributed by atoms with Gasteiger partial charge in [0.25, 0.3) is 11.7 Å². The summed E-state index contributed by atoms with van der Waals surface area (Å²) in [4.78, 5) is 15.3. The fraction of sp³-hybridized carbons (Fsp3) is 0.500. The normalized spacial score (nSPS) is 15.2. The van der Waals surface area contributed by atoms with Gasteiger partial charge in [-0.25, -0.2) is 9.48 Å². The minimum Gasteiger partial charge on any atom is -0.460 e.